The Bertz CT molecular complexity index is 306. The van der Waals surface area contributed by atoms with Gasteiger partial charge in [-0.25, -0.2) is 0 Å². The average Bonchev–Trinajstić information content (AvgIpc) is 2.21. The maximum absolute atomic E-state index is 6.21. The van der Waals surface area contributed by atoms with E-state index in [2.05, 4.69) is 45.0 Å². The average molecular weight is 219 g/mol. The van der Waals surface area contributed by atoms with E-state index < -0.39 is 0 Å². The Labute approximate surface area is 100 Å². The first-order chi connectivity index (χ1) is 7.63. The summed E-state index contributed by atoms with van der Waals surface area (Å²) >= 11 is 0. The highest BCUT2D eigenvalue weighted by Gasteiger charge is 2.10. The second-order valence-electron chi connectivity index (χ2n) is 5.02. The lowest BCUT2D eigenvalue weighted by molar-refractivity contribution is 0.431. The fraction of sp³-hybridized carbons (Fsp3) is 0.600. The monoisotopic (exact) mass is 219 g/mol. The highest BCUT2D eigenvalue weighted by atomic mass is 14.6. The van der Waals surface area contributed by atoms with Crippen LogP contribution in [-0.2, 0) is 6.42 Å². The van der Waals surface area contributed by atoms with Crippen molar-refractivity contribution in [1.29, 1.82) is 0 Å². The van der Waals surface area contributed by atoms with Crippen LogP contribution in [0.5, 0.6) is 0 Å². The fourth-order valence-electron chi connectivity index (χ4n) is 2.33. The number of aryl methyl sites for hydroxylation is 1. The molecule has 2 atom stereocenters. The highest BCUT2D eigenvalue weighted by Crippen LogP contribution is 2.16. The summed E-state index contributed by atoms with van der Waals surface area (Å²) in [5.74, 6) is 0.754. The summed E-state index contributed by atoms with van der Waals surface area (Å²) in [6, 6.07) is 8.86. The van der Waals surface area contributed by atoms with Gasteiger partial charge in [0.05, 0.1) is 0 Å². The summed E-state index contributed by atoms with van der Waals surface area (Å²) in [7, 11) is 0. The lowest BCUT2D eigenvalue weighted by Crippen LogP contribution is -2.25. The van der Waals surface area contributed by atoms with Crippen LogP contribution in [-0.4, -0.2) is 6.04 Å². The standard InChI is InChI=1S/C15H25N/c1-4-7-12(2)10-15(16)11-14-9-6-5-8-13(14)3/h5-6,8-9,12,15H,4,7,10-11,16H2,1-3H3. The van der Waals surface area contributed by atoms with Crippen molar-refractivity contribution in [3.8, 4) is 0 Å². The van der Waals surface area contributed by atoms with Crippen molar-refractivity contribution < 1.29 is 0 Å². The van der Waals surface area contributed by atoms with E-state index in [9.17, 15) is 0 Å². The van der Waals surface area contributed by atoms with Gasteiger partial charge in [-0.05, 0) is 36.8 Å². The van der Waals surface area contributed by atoms with E-state index in [1.807, 2.05) is 0 Å². The first-order valence-electron chi connectivity index (χ1n) is 6.43. The van der Waals surface area contributed by atoms with E-state index in [1.54, 1.807) is 0 Å². The van der Waals surface area contributed by atoms with Crippen LogP contribution in [0.1, 0.15) is 44.2 Å². The van der Waals surface area contributed by atoms with E-state index in [-0.39, 0.29) is 0 Å². The number of rotatable bonds is 6. The topological polar surface area (TPSA) is 26.0 Å². The molecule has 1 rings (SSSR count). The van der Waals surface area contributed by atoms with Crippen LogP contribution >= 0.6 is 0 Å². The first-order valence-corrected chi connectivity index (χ1v) is 6.43. The van der Waals surface area contributed by atoms with Crippen molar-refractivity contribution in [3.05, 3.63) is 35.4 Å². The van der Waals surface area contributed by atoms with Gasteiger partial charge in [0.25, 0.3) is 0 Å². The molecule has 0 radical (unpaired) electrons. The highest BCUT2D eigenvalue weighted by molar-refractivity contribution is 5.26. The lowest BCUT2D eigenvalue weighted by Gasteiger charge is -2.17. The van der Waals surface area contributed by atoms with Gasteiger partial charge >= 0.3 is 0 Å². The van der Waals surface area contributed by atoms with Crippen molar-refractivity contribution in [2.45, 2.75) is 52.5 Å². The minimum absolute atomic E-state index is 0.308. The van der Waals surface area contributed by atoms with Crippen molar-refractivity contribution in [3.63, 3.8) is 0 Å². The van der Waals surface area contributed by atoms with Gasteiger partial charge in [0, 0.05) is 6.04 Å². The molecule has 90 valence electrons. The molecule has 16 heavy (non-hydrogen) atoms. The quantitative estimate of drug-likeness (QED) is 0.776. The predicted molar refractivity (Wildman–Crippen MR) is 71.5 cm³/mol. The maximum Gasteiger partial charge on any atom is 0.00819 e. The molecule has 2 N–H and O–H groups in total. The third kappa shape index (κ3) is 4.36. The molecule has 1 heteroatoms. The summed E-state index contributed by atoms with van der Waals surface area (Å²) in [4.78, 5) is 0. The third-order valence-corrected chi connectivity index (χ3v) is 3.23. The summed E-state index contributed by atoms with van der Waals surface area (Å²) in [5, 5.41) is 0. The molecular formula is C15H25N. The van der Waals surface area contributed by atoms with Gasteiger partial charge < -0.3 is 5.73 Å². The minimum Gasteiger partial charge on any atom is -0.327 e. The number of benzene rings is 1. The summed E-state index contributed by atoms with van der Waals surface area (Å²) < 4.78 is 0. The Morgan fingerprint density at radius 2 is 1.94 bits per heavy atom. The Balaban J connectivity index is 2.45. The Morgan fingerprint density at radius 1 is 1.25 bits per heavy atom. The SMILES string of the molecule is CCCC(C)CC(N)Cc1ccccc1C. The van der Waals surface area contributed by atoms with Gasteiger partial charge in [0.15, 0.2) is 0 Å². The normalized spacial score (nSPS) is 14.8. The number of hydrogen-bond acceptors (Lipinski definition) is 1. The largest absolute Gasteiger partial charge is 0.327 e. The maximum atomic E-state index is 6.21. The van der Waals surface area contributed by atoms with Crippen molar-refractivity contribution in [2.24, 2.45) is 11.7 Å². The zero-order valence-electron chi connectivity index (χ0n) is 10.9. The van der Waals surface area contributed by atoms with E-state index in [1.165, 1.54) is 24.0 Å². The fourth-order valence-corrected chi connectivity index (χ4v) is 2.33. The smallest absolute Gasteiger partial charge is 0.00819 e. The van der Waals surface area contributed by atoms with Gasteiger partial charge in [0.2, 0.25) is 0 Å². The number of nitrogens with two attached hydrogens (primary N) is 1. The van der Waals surface area contributed by atoms with Crippen LogP contribution in [0.2, 0.25) is 0 Å². The zero-order valence-corrected chi connectivity index (χ0v) is 10.9. The van der Waals surface area contributed by atoms with Crippen LogP contribution in [0, 0.1) is 12.8 Å². The molecule has 0 aromatic heterocycles. The van der Waals surface area contributed by atoms with Crippen LogP contribution in [0.15, 0.2) is 24.3 Å². The molecule has 0 amide bonds. The molecule has 0 saturated heterocycles. The van der Waals surface area contributed by atoms with Crippen LogP contribution in [0.25, 0.3) is 0 Å². The molecule has 1 aromatic rings. The van der Waals surface area contributed by atoms with E-state index in [0.29, 0.717) is 6.04 Å². The molecule has 0 bridgehead atoms. The molecule has 0 spiro atoms. The molecule has 1 aromatic carbocycles. The van der Waals surface area contributed by atoms with Crippen LogP contribution < -0.4 is 5.73 Å². The minimum atomic E-state index is 0.308. The second kappa shape index (κ2) is 6.70. The van der Waals surface area contributed by atoms with E-state index >= 15 is 0 Å². The van der Waals surface area contributed by atoms with Crippen molar-refractivity contribution in [2.75, 3.05) is 0 Å². The predicted octanol–water partition coefficient (Wildman–Crippen LogP) is 3.69. The summed E-state index contributed by atoms with van der Waals surface area (Å²) in [6.45, 7) is 6.71. The lowest BCUT2D eigenvalue weighted by atomic mass is 9.93. The van der Waals surface area contributed by atoms with Crippen LogP contribution in [0.4, 0.5) is 0 Å². The summed E-state index contributed by atoms with van der Waals surface area (Å²) in [5.41, 5.74) is 8.97. The molecule has 0 aliphatic carbocycles. The zero-order chi connectivity index (χ0) is 12.0. The van der Waals surface area contributed by atoms with Gasteiger partial charge in [0.1, 0.15) is 0 Å². The van der Waals surface area contributed by atoms with Crippen molar-refractivity contribution in [1.82, 2.24) is 0 Å². The van der Waals surface area contributed by atoms with Gasteiger partial charge in [-0.2, -0.15) is 0 Å². The van der Waals surface area contributed by atoms with E-state index in [0.717, 1.165) is 18.8 Å². The van der Waals surface area contributed by atoms with Crippen molar-refractivity contribution >= 4 is 0 Å². The Morgan fingerprint density at radius 3 is 2.56 bits per heavy atom. The first kappa shape index (κ1) is 13.2. The third-order valence-electron chi connectivity index (χ3n) is 3.23. The molecular weight excluding hydrogens is 194 g/mol. The van der Waals surface area contributed by atoms with Gasteiger partial charge in [-0.3, -0.25) is 0 Å². The van der Waals surface area contributed by atoms with Gasteiger partial charge in [-0.1, -0.05) is 51.0 Å². The molecule has 0 saturated carbocycles. The molecule has 0 aliphatic heterocycles. The molecule has 0 fully saturated rings. The van der Waals surface area contributed by atoms with Gasteiger partial charge in [-0.15, -0.1) is 0 Å². The van der Waals surface area contributed by atoms with Crippen LogP contribution in [0.3, 0.4) is 0 Å². The van der Waals surface area contributed by atoms with E-state index in [4.69, 9.17) is 5.73 Å². The molecule has 2 unspecified atom stereocenters. The Hall–Kier alpha value is -0.820. The second-order valence-corrected chi connectivity index (χ2v) is 5.02. The number of hydrogen-bond donors (Lipinski definition) is 1. The Kier molecular flexibility index (Phi) is 5.54. The molecule has 0 heterocycles. The molecule has 0 aliphatic rings. The molecule has 1 nitrogen and oxygen atoms in total. The summed E-state index contributed by atoms with van der Waals surface area (Å²) in [6.07, 6.45) is 4.71.